The van der Waals surface area contributed by atoms with Gasteiger partial charge in [-0.25, -0.2) is 0 Å². The van der Waals surface area contributed by atoms with Crippen LogP contribution in [0.15, 0.2) is 12.2 Å². The summed E-state index contributed by atoms with van der Waals surface area (Å²) in [5, 5.41) is 76.1. The van der Waals surface area contributed by atoms with E-state index in [1.54, 1.807) is 0 Å². The lowest BCUT2D eigenvalue weighted by atomic mass is 9.35. The number of carboxylic acid groups (broad SMARTS) is 1. The summed E-state index contributed by atoms with van der Waals surface area (Å²) in [5.74, 6) is -1.61. The summed E-state index contributed by atoms with van der Waals surface area (Å²) in [6.07, 6.45) is 3.68. The first-order valence-corrected chi connectivity index (χ1v) is 14.5. The van der Waals surface area contributed by atoms with Gasteiger partial charge in [0.15, 0.2) is 0 Å². The minimum Gasteiger partial charge on any atom is -0.481 e. The van der Waals surface area contributed by atoms with Crippen LogP contribution in [0, 0.1) is 55.7 Å². The Bertz CT molecular complexity index is 1080. The molecule has 0 spiro atoms. The number of carboxylic acids is 1. The minimum absolute atomic E-state index is 0.102. The van der Waals surface area contributed by atoms with E-state index in [4.69, 9.17) is 0 Å². The topological polar surface area (TPSA) is 159 Å². The summed E-state index contributed by atoms with van der Waals surface area (Å²) in [5.41, 5.74) is -4.47. The van der Waals surface area contributed by atoms with Crippen molar-refractivity contribution in [2.24, 2.45) is 55.7 Å². The molecule has 0 aromatic rings. The first kappa shape index (κ1) is 27.2. The SMILES string of the molecule is C[C@]1(CO)C[C@H](O)[C@]2(C(=O)O)CC[C@]34C[C@]3(C=C[C@@H]3[C@]5(C)[C@H](CC[C@]34C)[C@@](C)(CO)[C@@H](O)[C@H](O)[C@@H]5O)[C@H]2C1. The number of allylic oxidation sites excluding steroid dienone is 2. The van der Waals surface area contributed by atoms with Gasteiger partial charge in [-0.2, -0.15) is 0 Å². The molecular formula is C30H46O8. The molecule has 8 heteroatoms. The summed E-state index contributed by atoms with van der Waals surface area (Å²) < 4.78 is 0. The van der Waals surface area contributed by atoms with Gasteiger partial charge in [-0.05, 0) is 84.4 Å². The third-order valence-corrected chi connectivity index (χ3v) is 14.2. The van der Waals surface area contributed by atoms with Crippen LogP contribution in [0.5, 0.6) is 0 Å². The number of hydrogen-bond donors (Lipinski definition) is 7. The molecule has 6 rings (SSSR count). The van der Waals surface area contributed by atoms with E-state index in [0.717, 1.165) is 12.8 Å². The van der Waals surface area contributed by atoms with Crippen LogP contribution in [-0.4, -0.2) is 79.3 Å². The Labute approximate surface area is 224 Å². The van der Waals surface area contributed by atoms with Crippen molar-refractivity contribution in [2.45, 2.75) is 97.1 Å². The average molecular weight is 535 g/mol. The molecule has 0 aromatic heterocycles. The van der Waals surface area contributed by atoms with Gasteiger partial charge in [0.2, 0.25) is 0 Å². The van der Waals surface area contributed by atoms with Crippen LogP contribution in [-0.2, 0) is 4.79 Å². The molecule has 5 fully saturated rings. The molecule has 5 saturated carbocycles. The number of aliphatic hydroxyl groups excluding tert-OH is 6. The predicted molar refractivity (Wildman–Crippen MR) is 137 cm³/mol. The second-order valence-corrected chi connectivity index (χ2v) is 15.3. The van der Waals surface area contributed by atoms with Gasteiger partial charge in [-0.1, -0.05) is 39.8 Å². The maximum atomic E-state index is 12.9. The highest BCUT2D eigenvalue weighted by atomic mass is 16.4. The summed E-state index contributed by atoms with van der Waals surface area (Å²) >= 11 is 0. The molecule has 38 heavy (non-hydrogen) atoms. The van der Waals surface area contributed by atoms with Gasteiger partial charge in [0.1, 0.15) is 6.10 Å². The van der Waals surface area contributed by atoms with E-state index in [-0.39, 0.29) is 48.2 Å². The van der Waals surface area contributed by atoms with Gasteiger partial charge in [0.05, 0.1) is 30.3 Å². The third kappa shape index (κ3) is 2.63. The molecule has 14 atom stereocenters. The van der Waals surface area contributed by atoms with E-state index in [1.807, 2.05) is 20.8 Å². The Morgan fingerprint density at radius 2 is 1.58 bits per heavy atom. The fourth-order valence-corrected chi connectivity index (χ4v) is 12.0. The number of aliphatic hydroxyl groups is 6. The fourth-order valence-electron chi connectivity index (χ4n) is 12.0. The minimum atomic E-state index is -1.38. The molecule has 0 bridgehead atoms. The zero-order valence-electron chi connectivity index (χ0n) is 23.1. The molecule has 214 valence electrons. The second kappa shape index (κ2) is 7.62. The van der Waals surface area contributed by atoms with Crippen molar-refractivity contribution in [1.29, 1.82) is 0 Å². The highest BCUT2D eigenvalue weighted by Crippen LogP contribution is 2.90. The van der Waals surface area contributed by atoms with Gasteiger partial charge in [0.25, 0.3) is 0 Å². The lowest BCUT2D eigenvalue weighted by Gasteiger charge is -2.69. The van der Waals surface area contributed by atoms with E-state index in [0.29, 0.717) is 25.7 Å². The summed E-state index contributed by atoms with van der Waals surface area (Å²) in [4.78, 5) is 12.9. The molecule has 0 amide bonds. The normalized spacial score (nSPS) is 62.5. The molecule has 7 N–H and O–H groups in total. The smallest absolute Gasteiger partial charge is 0.312 e. The standard InChI is InChI=1S/C30H46O8/c1-24(14-31)11-18-28-8-6-17-26(3,29(28,13-28)9-10-30(18,23(37)38)19(33)12-24)7-5-16-25(2,15-32)21(35)20(34)22(36)27(16,17)4/h6,8,16-22,31-36H,5,7,9-15H2,1-4H3,(H,37,38)/t16-,17+,18-,19+,20+,21+,22+,24-,25-,26-,27+,28-,29-,30+/m1/s1. The Morgan fingerprint density at radius 3 is 2.18 bits per heavy atom. The van der Waals surface area contributed by atoms with Crippen molar-refractivity contribution >= 4 is 5.97 Å². The molecule has 6 aliphatic rings. The lowest BCUT2D eigenvalue weighted by molar-refractivity contribution is -0.280. The average Bonchev–Trinajstić information content (AvgIpc) is 3.59. The molecule has 0 aliphatic heterocycles. The van der Waals surface area contributed by atoms with Crippen molar-refractivity contribution in [1.82, 2.24) is 0 Å². The van der Waals surface area contributed by atoms with E-state index in [9.17, 15) is 40.5 Å². The quantitative estimate of drug-likeness (QED) is 0.270. The molecule has 0 aromatic carbocycles. The van der Waals surface area contributed by atoms with Crippen molar-refractivity contribution in [3.8, 4) is 0 Å². The highest BCUT2D eigenvalue weighted by Gasteiger charge is 2.86. The van der Waals surface area contributed by atoms with Crippen LogP contribution in [0.1, 0.15) is 72.6 Å². The molecule has 0 saturated heterocycles. The zero-order chi connectivity index (χ0) is 27.9. The Balaban J connectivity index is 1.49. The number of carbonyl (C=O) groups is 1. The van der Waals surface area contributed by atoms with Crippen LogP contribution >= 0.6 is 0 Å². The van der Waals surface area contributed by atoms with Gasteiger partial charge in [-0.3, -0.25) is 4.79 Å². The first-order chi connectivity index (χ1) is 17.6. The maximum absolute atomic E-state index is 12.9. The van der Waals surface area contributed by atoms with Gasteiger partial charge in [0, 0.05) is 17.4 Å². The molecule has 0 radical (unpaired) electrons. The number of fused-ring (bicyclic) bond motifs is 4. The van der Waals surface area contributed by atoms with Crippen molar-refractivity contribution in [3.05, 3.63) is 12.2 Å². The largest absolute Gasteiger partial charge is 0.481 e. The molecule has 6 aliphatic carbocycles. The predicted octanol–water partition coefficient (Wildman–Crippen LogP) is 1.70. The molecule has 8 nitrogen and oxygen atoms in total. The van der Waals surface area contributed by atoms with E-state index >= 15 is 0 Å². The van der Waals surface area contributed by atoms with Crippen molar-refractivity contribution in [3.63, 3.8) is 0 Å². The van der Waals surface area contributed by atoms with Gasteiger partial charge in [-0.15, -0.1) is 0 Å². The third-order valence-electron chi connectivity index (χ3n) is 14.2. The Hall–Kier alpha value is -1.03. The van der Waals surface area contributed by atoms with Gasteiger partial charge < -0.3 is 35.7 Å². The van der Waals surface area contributed by atoms with Crippen LogP contribution in [0.25, 0.3) is 0 Å². The van der Waals surface area contributed by atoms with Gasteiger partial charge >= 0.3 is 5.97 Å². The number of rotatable bonds is 3. The molecular weight excluding hydrogens is 488 g/mol. The van der Waals surface area contributed by atoms with Crippen LogP contribution in [0.3, 0.4) is 0 Å². The van der Waals surface area contributed by atoms with E-state index in [2.05, 4.69) is 19.1 Å². The lowest BCUT2D eigenvalue weighted by Crippen LogP contribution is -2.72. The Kier molecular flexibility index (Phi) is 5.45. The van der Waals surface area contributed by atoms with E-state index < -0.39 is 57.5 Å². The first-order valence-electron chi connectivity index (χ1n) is 14.5. The second-order valence-electron chi connectivity index (χ2n) is 15.3. The summed E-state index contributed by atoms with van der Waals surface area (Å²) in [6, 6.07) is 0. The monoisotopic (exact) mass is 534 g/mol. The maximum Gasteiger partial charge on any atom is 0.312 e. The van der Waals surface area contributed by atoms with Crippen LogP contribution in [0.4, 0.5) is 0 Å². The van der Waals surface area contributed by atoms with E-state index in [1.165, 1.54) is 0 Å². The van der Waals surface area contributed by atoms with Crippen LogP contribution in [0.2, 0.25) is 0 Å². The highest BCUT2D eigenvalue weighted by molar-refractivity contribution is 5.77. The van der Waals surface area contributed by atoms with Crippen molar-refractivity contribution < 1.29 is 40.5 Å². The Morgan fingerprint density at radius 1 is 0.895 bits per heavy atom. The summed E-state index contributed by atoms with van der Waals surface area (Å²) in [7, 11) is 0. The molecule has 0 unspecified atom stereocenters. The molecule has 0 heterocycles. The van der Waals surface area contributed by atoms with Crippen LogP contribution < -0.4 is 0 Å². The summed E-state index contributed by atoms with van der Waals surface area (Å²) in [6.45, 7) is 7.63. The van der Waals surface area contributed by atoms with Crippen molar-refractivity contribution in [2.75, 3.05) is 13.2 Å². The number of hydrogen-bond acceptors (Lipinski definition) is 7. The fraction of sp³-hybridized carbons (Fsp3) is 0.900. The number of aliphatic carboxylic acids is 1. The zero-order valence-corrected chi connectivity index (χ0v) is 23.1.